The molecule has 0 aliphatic carbocycles. The molecule has 0 bridgehead atoms. The number of amides is 2. The van der Waals surface area contributed by atoms with Gasteiger partial charge in [0.05, 0.1) is 6.04 Å². The number of carbonyl (C=O) groups is 2. The van der Waals surface area contributed by atoms with Crippen LogP contribution in [0.3, 0.4) is 0 Å². The molecule has 0 radical (unpaired) electrons. The Balaban J connectivity index is 1.75. The minimum Gasteiger partial charge on any atom is -0.368 e. The molecule has 3 N–H and O–H groups in total. The molecule has 0 saturated carbocycles. The van der Waals surface area contributed by atoms with Crippen molar-refractivity contribution in [1.82, 2.24) is 9.80 Å². The first-order valence-electron chi connectivity index (χ1n) is 10.8. The van der Waals surface area contributed by atoms with Crippen LogP contribution < -0.4 is 11.1 Å². The zero-order valence-corrected chi connectivity index (χ0v) is 17.9. The van der Waals surface area contributed by atoms with Gasteiger partial charge in [-0.25, -0.2) is 0 Å². The summed E-state index contributed by atoms with van der Waals surface area (Å²) < 4.78 is 0. The van der Waals surface area contributed by atoms with Crippen LogP contribution in [0, 0.1) is 0 Å². The molecular weight excluding hydrogens is 376 g/mol. The average molecular weight is 409 g/mol. The summed E-state index contributed by atoms with van der Waals surface area (Å²) in [5.74, 6) is -0.305. The minimum absolute atomic E-state index is 0.0433. The van der Waals surface area contributed by atoms with Crippen LogP contribution in [0.5, 0.6) is 0 Å². The van der Waals surface area contributed by atoms with Crippen molar-refractivity contribution in [3.05, 3.63) is 65.7 Å². The zero-order valence-electron chi connectivity index (χ0n) is 17.9. The van der Waals surface area contributed by atoms with Crippen LogP contribution in [0.25, 0.3) is 0 Å². The molecule has 6 nitrogen and oxygen atoms in total. The summed E-state index contributed by atoms with van der Waals surface area (Å²) in [6.45, 7) is 7.22. The second kappa shape index (κ2) is 10.4. The fraction of sp³-hybridized carbons (Fsp3) is 0.417. The van der Waals surface area contributed by atoms with Crippen LogP contribution in [-0.2, 0) is 16.1 Å². The van der Waals surface area contributed by atoms with Gasteiger partial charge in [-0.2, -0.15) is 0 Å². The predicted molar refractivity (Wildman–Crippen MR) is 120 cm³/mol. The van der Waals surface area contributed by atoms with Crippen LogP contribution in [0.4, 0.5) is 5.69 Å². The van der Waals surface area contributed by atoms with Gasteiger partial charge >= 0.3 is 0 Å². The number of nitrogens with one attached hydrogen (secondary N) is 1. The number of likely N-dealkylation sites (tertiary alicyclic amines) is 1. The van der Waals surface area contributed by atoms with E-state index in [2.05, 4.69) is 29.0 Å². The van der Waals surface area contributed by atoms with E-state index in [1.54, 1.807) is 0 Å². The average Bonchev–Trinajstić information content (AvgIpc) is 3.21. The smallest absolute Gasteiger partial charge is 0.246 e. The maximum absolute atomic E-state index is 13.2. The molecule has 0 aromatic heterocycles. The Bertz CT molecular complexity index is 851. The number of hydrogen-bond donors (Lipinski definition) is 2. The van der Waals surface area contributed by atoms with Gasteiger partial charge in [0, 0.05) is 12.2 Å². The first kappa shape index (κ1) is 22.0. The first-order valence-corrected chi connectivity index (χ1v) is 10.8. The summed E-state index contributed by atoms with van der Waals surface area (Å²) in [5, 5.41) is 3.10. The Hall–Kier alpha value is -2.70. The third-order valence-corrected chi connectivity index (χ3v) is 5.81. The molecule has 1 fully saturated rings. The number of nitrogens with two attached hydrogens (primary N) is 1. The van der Waals surface area contributed by atoms with Gasteiger partial charge < -0.3 is 11.1 Å². The lowest BCUT2D eigenvalue weighted by molar-refractivity contribution is -0.122. The van der Waals surface area contributed by atoms with Crippen molar-refractivity contribution in [2.45, 2.75) is 45.3 Å². The number of benzene rings is 2. The lowest BCUT2D eigenvalue weighted by Crippen LogP contribution is -2.39. The summed E-state index contributed by atoms with van der Waals surface area (Å²) in [7, 11) is 0. The highest BCUT2D eigenvalue weighted by Gasteiger charge is 2.29. The number of hydrogen-bond acceptors (Lipinski definition) is 4. The van der Waals surface area contributed by atoms with Crippen LogP contribution >= 0.6 is 0 Å². The molecule has 1 saturated heterocycles. The molecule has 0 spiro atoms. The van der Waals surface area contributed by atoms with Gasteiger partial charge in [0.1, 0.15) is 6.04 Å². The largest absolute Gasteiger partial charge is 0.368 e. The number of likely N-dealkylation sites (N-methyl/N-ethyl adjacent to an activating group) is 1. The molecule has 3 rings (SSSR count). The Kier molecular flexibility index (Phi) is 7.60. The van der Waals surface area contributed by atoms with Gasteiger partial charge in [-0.3, -0.25) is 19.4 Å². The Labute approximate surface area is 179 Å². The van der Waals surface area contributed by atoms with Gasteiger partial charge in [-0.15, -0.1) is 0 Å². The lowest BCUT2D eigenvalue weighted by Gasteiger charge is -2.29. The maximum atomic E-state index is 13.2. The van der Waals surface area contributed by atoms with Crippen molar-refractivity contribution in [2.24, 2.45) is 5.73 Å². The monoisotopic (exact) mass is 408 g/mol. The number of primary amides is 1. The van der Waals surface area contributed by atoms with Gasteiger partial charge in [0.15, 0.2) is 0 Å². The quantitative estimate of drug-likeness (QED) is 0.668. The minimum atomic E-state index is -0.345. The Morgan fingerprint density at radius 2 is 1.87 bits per heavy atom. The Morgan fingerprint density at radius 1 is 1.13 bits per heavy atom. The van der Waals surface area contributed by atoms with Crippen molar-refractivity contribution >= 4 is 17.5 Å². The highest BCUT2D eigenvalue weighted by Crippen LogP contribution is 2.24. The maximum Gasteiger partial charge on any atom is 0.246 e. The molecular formula is C24H32N4O2. The molecule has 1 aliphatic heterocycles. The molecule has 30 heavy (non-hydrogen) atoms. The number of carbonyl (C=O) groups excluding carboxylic acids is 2. The molecule has 2 aromatic carbocycles. The van der Waals surface area contributed by atoms with Gasteiger partial charge in [-0.05, 0) is 55.7 Å². The normalized spacial score (nSPS) is 17.8. The van der Waals surface area contributed by atoms with E-state index >= 15 is 0 Å². The molecule has 1 aliphatic rings. The molecule has 2 unspecified atom stereocenters. The first-order chi connectivity index (χ1) is 14.5. The van der Waals surface area contributed by atoms with Crippen molar-refractivity contribution in [2.75, 3.05) is 25.0 Å². The summed E-state index contributed by atoms with van der Waals surface area (Å²) in [4.78, 5) is 29.2. The second-order valence-corrected chi connectivity index (χ2v) is 7.75. The van der Waals surface area contributed by atoms with Crippen molar-refractivity contribution in [3.8, 4) is 0 Å². The predicted octanol–water partition coefficient (Wildman–Crippen LogP) is 3.16. The second-order valence-electron chi connectivity index (χ2n) is 7.75. The van der Waals surface area contributed by atoms with E-state index in [4.69, 9.17) is 5.73 Å². The third-order valence-electron chi connectivity index (χ3n) is 5.81. The standard InChI is InChI=1S/C24H32N4O2/c1-3-27(4-2)22(19-11-6-5-7-12-19)24(30)26-20-13-8-10-18(16-20)17-28-15-9-14-21(28)23(25)29/h5-8,10-13,16,21-22H,3-4,9,14-15,17H2,1-2H3,(H2,25,29)(H,26,30). The van der Waals surface area contributed by atoms with E-state index in [-0.39, 0.29) is 23.9 Å². The van der Waals surface area contributed by atoms with Gasteiger partial charge in [0.25, 0.3) is 0 Å². The lowest BCUT2D eigenvalue weighted by atomic mass is 10.0. The molecule has 160 valence electrons. The summed E-state index contributed by atoms with van der Waals surface area (Å²) >= 11 is 0. The SMILES string of the molecule is CCN(CC)C(C(=O)Nc1cccc(CN2CCCC2C(N)=O)c1)c1ccccc1. The van der Waals surface area contributed by atoms with E-state index < -0.39 is 0 Å². The third kappa shape index (κ3) is 5.26. The molecule has 2 aromatic rings. The Morgan fingerprint density at radius 3 is 2.53 bits per heavy atom. The van der Waals surface area contributed by atoms with E-state index in [0.29, 0.717) is 6.54 Å². The van der Waals surface area contributed by atoms with Crippen LogP contribution in [0.1, 0.15) is 43.9 Å². The highest BCUT2D eigenvalue weighted by molar-refractivity contribution is 5.95. The molecule has 2 amide bonds. The van der Waals surface area contributed by atoms with Gasteiger partial charge in [-0.1, -0.05) is 56.3 Å². The number of nitrogens with zero attached hydrogens (tertiary/aromatic N) is 2. The van der Waals surface area contributed by atoms with Crippen molar-refractivity contribution < 1.29 is 9.59 Å². The number of rotatable bonds is 9. The fourth-order valence-electron chi connectivity index (χ4n) is 4.28. The van der Waals surface area contributed by atoms with E-state index in [1.807, 2.05) is 54.6 Å². The number of anilines is 1. The summed E-state index contributed by atoms with van der Waals surface area (Å²) in [6.07, 6.45) is 1.79. The van der Waals surface area contributed by atoms with E-state index in [9.17, 15) is 9.59 Å². The molecule has 1 heterocycles. The molecule has 6 heteroatoms. The topological polar surface area (TPSA) is 78.7 Å². The van der Waals surface area contributed by atoms with Crippen molar-refractivity contribution in [1.29, 1.82) is 0 Å². The summed E-state index contributed by atoms with van der Waals surface area (Å²) in [6, 6.07) is 17.2. The van der Waals surface area contributed by atoms with Crippen LogP contribution in [0.15, 0.2) is 54.6 Å². The van der Waals surface area contributed by atoms with Crippen molar-refractivity contribution in [3.63, 3.8) is 0 Å². The van der Waals surface area contributed by atoms with E-state index in [0.717, 1.165) is 49.3 Å². The van der Waals surface area contributed by atoms with Crippen LogP contribution in [0.2, 0.25) is 0 Å². The zero-order chi connectivity index (χ0) is 21.5. The van der Waals surface area contributed by atoms with E-state index in [1.165, 1.54) is 0 Å². The highest BCUT2D eigenvalue weighted by atomic mass is 16.2. The van der Waals surface area contributed by atoms with Gasteiger partial charge in [0.2, 0.25) is 11.8 Å². The molecule has 2 atom stereocenters. The summed E-state index contributed by atoms with van der Waals surface area (Å²) in [5.41, 5.74) is 8.34. The fourth-order valence-corrected chi connectivity index (χ4v) is 4.28. The van der Waals surface area contributed by atoms with Crippen LogP contribution in [-0.4, -0.2) is 47.3 Å².